The molecule has 8 nitrogen and oxygen atoms in total. The lowest BCUT2D eigenvalue weighted by Gasteiger charge is -2.29. The number of ether oxygens (including phenoxy) is 3. The lowest BCUT2D eigenvalue weighted by molar-refractivity contribution is -0.222. The van der Waals surface area contributed by atoms with Crippen LogP contribution in [0.2, 0.25) is 0 Å². The van der Waals surface area contributed by atoms with Gasteiger partial charge in [0.15, 0.2) is 5.57 Å². The van der Waals surface area contributed by atoms with Crippen molar-refractivity contribution in [3.63, 3.8) is 0 Å². The van der Waals surface area contributed by atoms with Gasteiger partial charge in [0, 0.05) is 36.8 Å². The third-order valence-electron chi connectivity index (χ3n) is 3.80. The van der Waals surface area contributed by atoms with E-state index in [9.17, 15) is 14.4 Å². The van der Waals surface area contributed by atoms with Crippen molar-refractivity contribution in [2.75, 3.05) is 11.9 Å². The number of benzene rings is 1. The summed E-state index contributed by atoms with van der Waals surface area (Å²) in [7, 11) is 0. The Morgan fingerprint density at radius 1 is 1.20 bits per heavy atom. The molecule has 1 aromatic carbocycles. The first-order valence-corrected chi connectivity index (χ1v) is 9.93. The molecule has 1 aromatic heterocycles. The first kappa shape index (κ1) is 21.4. The Morgan fingerprint density at radius 2 is 1.93 bits per heavy atom. The highest BCUT2D eigenvalue weighted by atomic mass is 32.2. The van der Waals surface area contributed by atoms with Gasteiger partial charge in [0.1, 0.15) is 5.03 Å². The number of hydrogen-bond donors (Lipinski definition) is 1. The van der Waals surface area contributed by atoms with E-state index in [2.05, 4.69) is 10.3 Å². The summed E-state index contributed by atoms with van der Waals surface area (Å²) in [6.45, 7) is 5.01. The molecule has 0 aliphatic carbocycles. The minimum Gasteiger partial charge on any atom is -0.462 e. The first-order chi connectivity index (χ1) is 14.3. The first-order valence-electron chi connectivity index (χ1n) is 9.12. The lowest BCUT2D eigenvalue weighted by Crippen LogP contribution is -2.42. The Hall–Kier alpha value is -3.33. The van der Waals surface area contributed by atoms with Gasteiger partial charge in [-0.25, -0.2) is 19.4 Å². The number of nitrogens with one attached hydrogen (secondary N) is 1. The fraction of sp³-hybridized carbons (Fsp3) is 0.238. The van der Waals surface area contributed by atoms with E-state index in [1.54, 1.807) is 37.4 Å². The topological polar surface area (TPSA) is 104 Å². The van der Waals surface area contributed by atoms with Crippen molar-refractivity contribution < 1.29 is 28.6 Å². The fourth-order valence-corrected chi connectivity index (χ4v) is 3.38. The van der Waals surface area contributed by atoms with Crippen LogP contribution in [0.25, 0.3) is 0 Å². The van der Waals surface area contributed by atoms with Gasteiger partial charge in [-0.1, -0.05) is 17.8 Å². The van der Waals surface area contributed by atoms with Crippen LogP contribution in [0.5, 0.6) is 0 Å². The average molecular weight is 428 g/mol. The van der Waals surface area contributed by atoms with Crippen LogP contribution in [0, 0.1) is 0 Å². The van der Waals surface area contributed by atoms with E-state index in [0.717, 1.165) is 4.90 Å². The van der Waals surface area contributed by atoms with Gasteiger partial charge in [-0.15, -0.1) is 0 Å². The Balaban J connectivity index is 1.71. The highest BCUT2D eigenvalue weighted by Gasteiger charge is 2.38. The van der Waals surface area contributed by atoms with Crippen LogP contribution in [0.3, 0.4) is 0 Å². The zero-order valence-corrected chi connectivity index (χ0v) is 17.4. The molecule has 0 saturated carbocycles. The third kappa shape index (κ3) is 5.38. The van der Waals surface area contributed by atoms with E-state index >= 15 is 0 Å². The number of anilines is 1. The number of rotatable bonds is 6. The van der Waals surface area contributed by atoms with Gasteiger partial charge in [-0.3, -0.25) is 0 Å². The second-order valence-electron chi connectivity index (χ2n) is 6.61. The zero-order valence-electron chi connectivity index (χ0n) is 16.6. The van der Waals surface area contributed by atoms with E-state index in [0.29, 0.717) is 22.9 Å². The van der Waals surface area contributed by atoms with Crippen molar-refractivity contribution in [1.82, 2.24) is 4.98 Å². The maximum Gasteiger partial charge on any atom is 0.350 e. The van der Waals surface area contributed by atoms with Crippen molar-refractivity contribution >= 4 is 35.4 Å². The minimum absolute atomic E-state index is 0.226. The van der Waals surface area contributed by atoms with E-state index in [-0.39, 0.29) is 5.57 Å². The van der Waals surface area contributed by atoms with Crippen molar-refractivity contribution in [2.24, 2.45) is 0 Å². The van der Waals surface area contributed by atoms with Crippen LogP contribution in [-0.2, 0) is 23.8 Å². The number of carbonyl (C=O) groups is 3. The van der Waals surface area contributed by atoms with Gasteiger partial charge in [0.05, 0.1) is 12.2 Å². The number of carbonyl (C=O) groups excluding carboxylic acids is 3. The summed E-state index contributed by atoms with van der Waals surface area (Å²) in [5.41, 5.74) is 0.835. The van der Waals surface area contributed by atoms with Crippen LogP contribution in [0.4, 0.5) is 5.69 Å². The molecule has 0 unspecified atom stereocenters. The van der Waals surface area contributed by atoms with Crippen molar-refractivity contribution in [2.45, 2.75) is 36.5 Å². The van der Waals surface area contributed by atoms with Crippen molar-refractivity contribution in [3.05, 3.63) is 59.9 Å². The van der Waals surface area contributed by atoms with Gasteiger partial charge >= 0.3 is 17.9 Å². The quantitative estimate of drug-likeness (QED) is 0.420. The van der Waals surface area contributed by atoms with Gasteiger partial charge in [0.25, 0.3) is 5.79 Å². The summed E-state index contributed by atoms with van der Waals surface area (Å²) in [4.78, 5) is 41.0. The van der Waals surface area contributed by atoms with Crippen molar-refractivity contribution in [1.29, 1.82) is 0 Å². The second kappa shape index (κ2) is 9.00. The molecule has 2 aromatic rings. The maximum atomic E-state index is 12.0. The second-order valence-corrected chi connectivity index (χ2v) is 7.71. The number of nitrogens with zero attached hydrogens (tertiary/aromatic N) is 1. The molecule has 1 fully saturated rings. The Labute approximate surface area is 177 Å². The Bertz CT molecular complexity index is 996. The molecule has 1 N–H and O–H groups in total. The van der Waals surface area contributed by atoms with Gasteiger partial charge in [0.2, 0.25) is 0 Å². The predicted octanol–water partition coefficient (Wildman–Crippen LogP) is 3.54. The smallest absolute Gasteiger partial charge is 0.350 e. The minimum atomic E-state index is -1.28. The molecule has 3 rings (SSSR count). The van der Waals surface area contributed by atoms with Gasteiger partial charge in [-0.2, -0.15) is 0 Å². The largest absolute Gasteiger partial charge is 0.462 e. The van der Waals surface area contributed by atoms with Crippen LogP contribution in [0.15, 0.2) is 64.3 Å². The highest BCUT2D eigenvalue weighted by Crippen LogP contribution is 2.29. The molecular formula is C21H20N2O6S. The number of hydrogen-bond acceptors (Lipinski definition) is 9. The number of cyclic esters (lactones) is 2. The maximum absolute atomic E-state index is 12.0. The number of aromatic nitrogens is 1. The molecule has 2 heterocycles. The molecule has 30 heavy (non-hydrogen) atoms. The summed E-state index contributed by atoms with van der Waals surface area (Å²) < 4.78 is 15.1. The average Bonchev–Trinajstić information content (AvgIpc) is 2.67. The molecule has 156 valence electrons. The SMILES string of the molecule is CCOC(=O)c1ccnc(Sc2cccc(NC=C3C(=O)OC(C)(C)OC3=O)c2)c1. The normalized spacial score (nSPS) is 15.1. The van der Waals surface area contributed by atoms with Gasteiger partial charge in [-0.05, 0) is 37.3 Å². The number of esters is 3. The summed E-state index contributed by atoms with van der Waals surface area (Å²) in [6, 6.07) is 10.5. The molecule has 1 aliphatic heterocycles. The van der Waals surface area contributed by atoms with Crippen LogP contribution in [0.1, 0.15) is 31.1 Å². The molecule has 1 saturated heterocycles. The van der Waals surface area contributed by atoms with E-state index in [1.165, 1.54) is 31.8 Å². The molecular weight excluding hydrogens is 408 g/mol. The molecule has 0 radical (unpaired) electrons. The fourth-order valence-electron chi connectivity index (χ4n) is 2.51. The van der Waals surface area contributed by atoms with Crippen LogP contribution < -0.4 is 5.32 Å². The van der Waals surface area contributed by atoms with E-state index in [1.807, 2.05) is 12.1 Å². The molecule has 9 heteroatoms. The summed E-state index contributed by atoms with van der Waals surface area (Å²) >= 11 is 1.35. The van der Waals surface area contributed by atoms with Crippen molar-refractivity contribution in [3.8, 4) is 0 Å². The summed E-state index contributed by atoms with van der Waals surface area (Å²) in [6.07, 6.45) is 2.80. The molecule has 1 aliphatic rings. The number of pyridine rings is 1. The Kier molecular flexibility index (Phi) is 6.41. The summed E-state index contributed by atoms with van der Waals surface area (Å²) in [5, 5.41) is 3.53. The standard InChI is InChI=1S/C21H20N2O6S/c1-4-27-18(24)13-8-9-22-17(10-13)30-15-7-5-6-14(11-15)23-12-16-19(25)28-21(2,3)29-20(16)26/h5-12,23H,4H2,1-3H3. The van der Waals surface area contributed by atoms with E-state index in [4.69, 9.17) is 14.2 Å². The van der Waals surface area contributed by atoms with Gasteiger partial charge < -0.3 is 19.5 Å². The third-order valence-corrected chi connectivity index (χ3v) is 4.72. The Morgan fingerprint density at radius 3 is 2.63 bits per heavy atom. The van der Waals surface area contributed by atoms with E-state index < -0.39 is 23.7 Å². The monoisotopic (exact) mass is 428 g/mol. The summed E-state index contributed by atoms with van der Waals surface area (Å²) in [5.74, 6) is -3.20. The lowest BCUT2D eigenvalue weighted by atomic mass is 10.2. The molecule has 0 spiro atoms. The van der Waals surface area contributed by atoms with Crippen LogP contribution >= 0.6 is 11.8 Å². The molecule has 0 bridgehead atoms. The van der Waals surface area contributed by atoms with Crippen LogP contribution in [-0.4, -0.2) is 35.3 Å². The molecule has 0 amide bonds. The highest BCUT2D eigenvalue weighted by molar-refractivity contribution is 7.99. The predicted molar refractivity (Wildman–Crippen MR) is 109 cm³/mol. The zero-order chi connectivity index (χ0) is 21.7. The molecule has 0 atom stereocenters.